The van der Waals surface area contributed by atoms with Crippen molar-refractivity contribution in [2.24, 2.45) is 0 Å². The van der Waals surface area contributed by atoms with Crippen LogP contribution in [-0.2, 0) is 0 Å². The Kier molecular flexibility index (Phi) is 4.18. The number of hydrogen-bond donors (Lipinski definition) is 1. The molecule has 0 N–H and O–H groups in total. The van der Waals surface area contributed by atoms with Crippen LogP contribution >= 0.6 is 43.1 Å². The standard InChI is InChI=1S/CH7IP2S/c1-4(3)2-5/h2,5H,3H2,1H3/i2D. The number of hydrogen-bond acceptors (Lipinski definition) is 1. The van der Waals surface area contributed by atoms with Gasteiger partial charge in [0, 0.05) is 0 Å². The van der Waals surface area contributed by atoms with E-state index in [1.165, 1.54) is 0 Å². The van der Waals surface area contributed by atoms with Crippen LogP contribution in [-0.4, -0.2) is 7.26 Å². The van der Waals surface area contributed by atoms with E-state index in [9.17, 15) is 0 Å². The summed E-state index contributed by atoms with van der Waals surface area (Å²) in [6, 6.07) is 0. The van der Waals surface area contributed by atoms with Crippen molar-refractivity contribution in [1.82, 2.24) is 0 Å². The summed E-state index contributed by atoms with van der Waals surface area (Å²) >= 11 is -1.41. The number of rotatable bonds is 1. The molecule has 0 aliphatic heterocycles. The summed E-state index contributed by atoms with van der Waals surface area (Å²) in [6.07, 6.45) is 0. The molecule has 0 aromatic heterocycles. The van der Waals surface area contributed by atoms with Crippen LogP contribution < -0.4 is 0 Å². The second-order valence-electron chi connectivity index (χ2n) is 0.600. The van der Waals surface area contributed by atoms with Crippen molar-refractivity contribution in [3.05, 3.63) is 0 Å². The van der Waals surface area contributed by atoms with Gasteiger partial charge in [-0.1, -0.05) is 0 Å². The second-order valence-corrected chi connectivity index (χ2v) is 16.2. The summed E-state index contributed by atoms with van der Waals surface area (Å²) in [5.74, 6) is 0. The fraction of sp³-hybridized carbons (Fsp3) is 1.00. The number of thiol groups is 1. The Morgan fingerprint density at radius 1 is 2.40 bits per heavy atom. The predicted octanol–water partition coefficient (Wildman–Crippen LogP) is 2.35. The maximum absolute atomic E-state index is 7.06. The Hall–Kier alpha value is 1.94. The summed E-state index contributed by atoms with van der Waals surface area (Å²) in [6.45, 7) is 2.07. The third-order valence-electron chi connectivity index (χ3n) is 0.119. The summed E-state index contributed by atoms with van der Waals surface area (Å²) in [5.41, 5.74) is 0. The molecule has 0 saturated carbocycles. The first-order valence-corrected chi connectivity index (χ1v) is 10.5. The van der Waals surface area contributed by atoms with E-state index in [-0.39, 0.29) is 5.25 Å². The van der Waals surface area contributed by atoms with Crippen LogP contribution in [0.4, 0.5) is 0 Å². The van der Waals surface area contributed by atoms with Gasteiger partial charge in [-0.05, 0) is 0 Å². The Labute approximate surface area is 50.3 Å². The van der Waals surface area contributed by atoms with Crippen LogP contribution in [0.1, 0.15) is 0 Å². The zero-order valence-electron chi connectivity index (χ0n) is 3.85. The van der Waals surface area contributed by atoms with E-state index in [0.717, 1.165) is 0 Å². The van der Waals surface area contributed by atoms with Crippen LogP contribution in [0.25, 0.3) is 0 Å². The molecule has 0 fully saturated rings. The van der Waals surface area contributed by atoms with Gasteiger partial charge in [-0.3, -0.25) is 0 Å². The van der Waals surface area contributed by atoms with Crippen LogP contribution in [0.15, 0.2) is 0 Å². The summed E-state index contributed by atoms with van der Waals surface area (Å²) < 4.78 is 7.06. The molecule has 0 radical (unpaired) electrons. The molecule has 0 heterocycles. The zero-order valence-corrected chi connectivity index (χ0v) is 7.95. The average molecular weight is 241 g/mol. The summed E-state index contributed by atoms with van der Waals surface area (Å²) in [4.78, 5) is 0. The second kappa shape index (κ2) is 4.11. The SMILES string of the molecule is [2H]I(S)P(C)P. The minimum absolute atomic E-state index is 0.0553. The Bertz CT molecular complexity index is 34.5. The van der Waals surface area contributed by atoms with Crippen LogP contribution in [0.5, 0.6) is 0 Å². The van der Waals surface area contributed by atoms with Crippen molar-refractivity contribution in [3.63, 3.8) is 0 Å². The van der Waals surface area contributed by atoms with E-state index in [0.29, 0.717) is 0 Å². The van der Waals surface area contributed by atoms with E-state index in [4.69, 9.17) is 0.594 Å². The molecule has 0 aromatic carbocycles. The molecule has 0 aromatic rings. The summed E-state index contributed by atoms with van der Waals surface area (Å²) in [7, 11) is 6.67. The molecule has 0 aliphatic carbocycles. The molecule has 0 amide bonds. The van der Waals surface area contributed by atoms with Gasteiger partial charge in [0.2, 0.25) is 0 Å². The molecular formula is CH7IP2S. The van der Waals surface area contributed by atoms with Crippen LogP contribution in [0.3, 0.4) is 0 Å². The number of halogens is 1. The van der Waals surface area contributed by atoms with Crippen molar-refractivity contribution in [2.75, 3.05) is 6.66 Å². The molecular weight excluding hydrogens is 233 g/mol. The van der Waals surface area contributed by atoms with Crippen LogP contribution in [0.2, 0.25) is 0 Å². The molecule has 0 nitrogen and oxygen atoms in total. The molecule has 0 rings (SSSR count). The Morgan fingerprint density at radius 2 is 2.60 bits per heavy atom. The Morgan fingerprint density at radius 3 is 2.60 bits per heavy atom. The molecule has 0 aliphatic rings. The quantitative estimate of drug-likeness (QED) is 0.406. The first kappa shape index (κ1) is 5.08. The van der Waals surface area contributed by atoms with Gasteiger partial charge < -0.3 is 0 Å². The van der Waals surface area contributed by atoms with E-state index < -0.39 is 19.1 Å². The van der Waals surface area contributed by atoms with Gasteiger partial charge in [-0.25, -0.2) is 0 Å². The molecule has 2 atom stereocenters. The van der Waals surface area contributed by atoms with E-state index in [1.54, 1.807) is 0 Å². The fourth-order valence-corrected chi connectivity index (χ4v) is 0. The first-order valence-electron chi connectivity index (χ1n) is 1.42. The van der Waals surface area contributed by atoms with Crippen molar-refractivity contribution >= 4 is 43.1 Å². The fourth-order valence-electron chi connectivity index (χ4n) is 0. The first-order chi connectivity index (χ1) is 2.64. The third-order valence-corrected chi connectivity index (χ3v) is 12.5. The molecule has 4 heteroatoms. The van der Waals surface area contributed by atoms with Crippen LogP contribution in [0, 0.1) is 0 Å². The average Bonchev–Trinajstić information content (AvgIpc) is 1.36. The molecule has 34 valence electrons. The molecule has 5 heavy (non-hydrogen) atoms. The zero-order chi connectivity index (χ0) is 5.15. The van der Waals surface area contributed by atoms with Crippen molar-refractivity contribution in [3.8, 4) is 0 Å². The van der Waals surface area contributed by atoms with Gasteiger partial charge in [0.25, 0.3) is 0 Å². The normalized spacial score (nSPS) is 20.6. The van der Waals surface area contributed by atoms with E-state index >= 15 is 0 Å². The van der Waals surface area contributed by atoms with E-state index in [1.807, 2.05) is 0 Å². The predicted molar refractivity (Wildman–Crippen MR) is 47.0 cm³/mol. The van der Waals surface area contributed by atoms with Gasteiger partial charge in [0.15, 0.2) is 0 Å². The van der Waals surface area contributed by atoms with Gasteiger partial charge in [0.1, 0.15) is 0 Å². The van der Waals surface area contributed by atoms with Crippen molar-refractivity contribution in [1.29, 1.82) is 0.594 Å². The Balaban J connectivity index is 2.99. The third kappa shape index (κ3) is 5.94. The van der Waals surface area contributed by atoms with E-state index in [2.05, 4.69) is 25.4 Å². The molecule has 0 saturated heterocycles. The van der Waals surface area contributed by atoms with Gasteiger partial charge in [-0.15, -0.1) is 0 Å². The monoisotopic (exact) mass is 241 g/mol. The van der Waals surface area contributed by atoms with Crippen molar-refractivity contribution < 1.29 is 0 Å². The molecule has 2 unspecified atom stereocenters. The maximum atomic E-state index is 7.06. The topological polar surface area (TPSA) is 0 Å². The minimum atomic E-state index is -1.41. The molecule has 0 spiro atoms. The van der Waals surface area contributed by atoms with Gasteiger partial charge in [-0.2, -0.15) is 0 Å². The summed E-state index contributed by atoms with van der Waals surface area (Å²) in [5, 5.41) is -0.0553. The van der Waals surface area contributed by atoms with Gasteiger partial charge >= 0.3 is 50.3 Å². The van der Waals surface area contributed by atoms with Gasteiger partial charge in [0.05, 0.1) is 0 Å². The van der Waals surface area contributed by atoms with Crippen molar-refractivity contribution in [2.45, 2.75) is 0 Å². The molecule has 0 bridgehead atoms.